The van der Waals surface area contributed by atoms with Crippen molar-refractivity contribution in [3.63, 3.8) is 0 Å². The normalized spacial score (nSPS) is 15.6. The average Bonchev–Trinajstić information content (AvgIpc) is 2.48. The lowest BCUT2D eigenvalue weighted by Crippen LogP contribution is -2.49. The van der Waals surface area contributed by atoms with Crippen LogP contribution in [0.1, 0.15) is 11.1 Å². The van der Waals surface area contributed by atoms with Crippen LogP contribution < -0.4 is 11.5 Å². The Bertz CT molecular complexity index is 453. The number of hydrogen-bond donors (Lipinski definition) is 3. The van der Waals surface area contributed by atoms with Crippen molar-refractivity contribution in [3.05, 3.63) is 71.8 Å². The predicted octanol–water partition coefficient (Wildman–Crippen LogP) is 1.49. The summed E-state index contributed by atoms with van der Waals surface area (Å²) in [6.45, 7) is 0. The van der Waals surface area contributed by atoms with E-state index in [1.807, 2.05) is 60.7 Å². The molecule has 0 aliphatic rings. The standard InChI is InChI=1S/C17H22N2O/c18-15(11-13-7-3-1-4-8-13)17(20)16(19)12-14-9-5-2-6-10-14/h1-10,15-17,20H,11-12,18-19H2. The van der Waals surface area contributed by atoms with E-state index in [0.29, 0.717) is 12.8 Å². The van der Waals surface area contributed by atoms with Gasteiger partial charge >= 0.3 is 0 Å². The second-order valence-corrected chi connectivity index (χ2v) is 5.20. The predicted molar refractivity (Wildman–Crippen MR) is 82.2 cm³/mol. The van der Waals surface area contributed by atoms with Gasteiger partial charge in [0.05, 0.1) is 6.10 Å². The first kappa shape index (κ1) is 14.7. The molecule has 0 radical (unpaired) electrons. The largest absolute Gasteiger partial charge is 0.390 e. The van der Waals surface area contributed by atoms with E-state index in [4.69, 9.17) is 11.5 Å². The van der Waals surface area contributed by atoms with Gasteiger partial charge in [-0.25, -0.2) is 0 Å². The molecule has 3 nitrogen and oxygen atoms in total. The van der Waals surface area contributed by atoms with Crippen LogP contribution in [-0.4, -0.2) is 23.3 Å². The van der Waals surface area contributed by atoms with Gasteiger partial charge in [0.1, 0.15) is 0 Å². The van der Waals surface area contributed by atoms with Gasteiger partial charge < -0.3 is 16.6 Å². The van der Waals surface area contributed by atoms with E-state index in [1.54, 1.807) is 0 Å². The lowest BCUT2D eigenvalue weighted by molar-refractivity contribution is 0.116. The van der Waals surface area contributed by atoms with E-state index in [0.717, 1.165) is 11.1 Å². The second-order valence-electron chi connectivity index (χ2n) is 5.20. The molecule has 106 valence electrons. The molecule has 0 aromatic heterocycles. The molecule has 0 fully saturated rings. The highest BCUT2D eigenvalue weighted by Crippen LogP contribution is 2.10. The third-order valence-electron chi connectivity index (χ3n) is 3.51. The average molecular weight is 270 g/mol. The van der Waals surface area contributed by atoms with Crippen molar-refractivity contribution in [2.45, 2.75) is 31.0 Å². The molecule has 0 spiro atoms. The Labute approximate surface area is 120 Å². The minimum absolute atomic E-state index is 0.351. The Morgan fingerprint density at radius 2 is 1.05 bits per heavy atom. The van der Waals surface area contributed by atoms with E-state index in [1.165, 1.54) is 0 Å². The number of benzene rings is 2. The van der Waals surface area contributed by atoms with E-state index < -0.39 is 6.10 Å². The highest BCUT2D eigenvalue weighted by atomic mass is 16.3. The Morgan fingerprint density at radius 3 is 1.40 bits per heavy atom. The highest BCUT2D eigenvalue weighted by Gasteiger charge is 2.22. The summed E-state index contributed by atoms with van der Waals surface area (Å²) in [7, 11) is 0. The van der Waals surface area contributed by atoms with Crippen LogP contribution in [0.4, 0.5) is 0 Å². The summed E-state index contributed by atoms with van der Waals surface area (Å²) in [5.41, 5.74) is 14.4. The van der Waals surface area contributed by atoms with Crippen LogP contribution in [0, 0.1) is 0 Å². The number of aliphatic hydroxyl groups excluding tert-OH is 1. The molecule has 2 aromatic rings. The van der Waals surface area contributed by atoms with Gasteiger partial charge in [-0.05, 0) is 24.0 Å². The highest BCUT2D eigenvalue weighted by molar-refractivity contribution is 5.18. The van der Waals surface area contributed by atoms with Crippen molar-refractivity contribution in [1.82, 2.24) is 0 Å². The Kier molecular flexibility index (Phi) is 5.30. The third kappa shape index (κ3) is 4.17. The fourth-order valence-electron chi connectivity index (χ4n) is 2.33. The lowest BCUT2D eigenvalue weighted by atomic mass is 9.94. The molecule has 0 aliphatic carbocycles. The maximum Gasteiger partial charge on any atom is 0.0848 e. The molecule has 2 rings (SSSR count). The first-order valence-corrected chi connectivity index (χ1v) is 6.94. The van der Waals surface area contributed by atoms with Crippen molar-refractivity contribution >= 4 is 0 Å². The molecule has 0 amide bonds. The van der Waals surface area contributed by atoms with Gasteiger partial charge in [0.15, 0.2) is 0 Å². The maximum atomic E-state index is 10.3. The topological polar surface area (TPSA) is 72.3 Å². The van der Waals surface area contributed by atoms with Crippen molar-refractivity contribution in [1.29, 1.82) is 0 Å². The van der Waals surface area contributed by atoms with E-state index in [2.05, 4.69) is 0 Å². The zero-order valence-corrected chi connectivity index (χ0v) is 11.5. The molecule has 2 unspecified atom stereocenters. The molecular formula is C17H22N2O. The van der Waals surface area contributed by atoms with Crippen LogP contribution in [-0.2, 0) is 12.8 Å². The molecule has 2 aromatic carbocycles. The molecule has 0 saturated carbocycles. The zero-order chi connectivity index (χ0) is 14.4. The van der Waals surface area contributed by atoms with Gasteiger partial charge in [0.2, 0.25) is 0 Å². The summed E-state index contributed by atoms with van der Waals surface area (Å²) in [6, 6.07) is 19.1. The summed E-state index contributed by atoms with van der Waals surface area (Å²) in [6.07, 6.45) is 0.546. The van der Waals surface area contributed by atoms with E-state index in [-0.39, 0.29) is 12.1 Å². The molecule has 0 heterocycles. The zero-order valence-electron chi connectivity index (χ0n) is 11.5. The fourth-order valence-corrected chi connectivity index (χ4v) is 2.33. The third-order valence-corrected chi connectivity index (χ3v) is 3.51. The summed E-state index contributed by atoms with van der Waals surface area (Å²) in [5.74, 6) is 0. The van der Waals surface area contributed by atoms with Gasteiger partial charge in [-0.15, -0.1) is 0 Å². The van der Waals surface area contributed by atoms with Gasteiger partial charge in [-0.2, -0.15) is 0 Å². The molecule has 0 saturated heterocycles. The summed E-state index contributed by atoms with van der Waals surface area (Å²) in [4.78, 5) is 0. The molecule has 0 bridgehead atoms. The van der Waals surface area contributed by atoms with Gasteiger partial charge in [0.25, 0.3) is 0 Å². The second kappa shape index (κ2) is 7.20. The van der Waals surface area contributed by atoms with Crippen molar-refractivity contribution in [3.8, 4) is 0 Å². The number of rotatable bonds is 6. The van der Waals surface area contributed by atoms with Crippen LogP contribution in [0.25, 0.3) is 0 Å². The lowest BCUT2D eigenvalue weighted by Gasteiger charge is -2.25. The van der Waals surface area contributed by atoms with Gasteiger partial charge in [-0.1, -0.05) is 60.7 Å². The minimum Gasteiger partial charge on any atom is -0.390 e. The van der Waals surface area contributed by atoms with Crippen molar-refractivity contribution < 1.29 is 5.11 Å². The quantitative estimate of drug-likeness (QED) is 0.744. The van der Waals surface area contributed by atoms with Crippen LogP contribution in [0.3, 0.4) is 0 Å². The van der Waals surface area contributed by atoms with Crippen molar-refractivity contribution in [2.24, 2.45) is 11.5 Å². The molecular weight excluding hydrogens is 248 g/mol. The molecule has 0 aliphatic heterocycles. The summed E-state index contributed by atoms with van der Waals surface area (Å²) < 4.78 is 0. The first-order valence-electron chi connectivity index (χ1n) is 6.94. The Balaban J connectivity index is 1.91. The maximum absolute atomic E-state index is 10.3. The van der Waals surface area contributed by atoms with E-state index >= 15 is 0 Å². The van der Waals surface area contributed by atoms with Crippen molar-refractivity contribution in [2.75, 3.05) is 0 Å². The van der Waals surface area contributed by atoms with Gasteiger partial charge in [0, 0.05) is 12.1 Å². The first-order chi connectivity index (χ1) is 9.66. The summed E-state index contributed by atoms with van der Waals surface area (Å²) >= 11 is 0. The number of hydrogen-bond acceptors (Lipinski definition) is 3. The Hall–Kier alpha value is -1.68. The number of aliphatic hydroxyl groups is 1. The molecule has 3 heteroatoms. The fraction of sp³-hybridized carbons (Fsp3) is 0.294. The van der Waals surface area contributed by atoms with E-state index in [9.17, 15) is 5.11 Å². The SMILES string of the molecule is NC(Cc1ccccc1)C(O)C(N)Cc1ccccc1. The van der Waals surface area contributed by atoms with Crippen LogP contribution in [0.15, 0.2) is 60.7 Å². The number of nitrogens with two attached hydrogens (primary N) is 2. The molecule has 2 atom stereocenters. The van der Waals surface area contributed by atoms with Crippen LogP contribution in [0.2, 0.25) is 0 Å². The smallest absolute Gasteiger partial charge is 0.0848 e. The van der Waals surface area contributed by atoms with Crippen LogP contribution >= 0.6 is 0 Å². The van der Waals surface area contributed by atoms with Crippen LogP contribution in [0.5, 0.6) is 0 Å². The monoisotopic (exact) mass is 270 g/mol. The van der Waals surface area contributed by atoms with Gasteiger partial charge in [-0.3, -0.25) is 0 Å². The summed E-state index contributed by atoms with van der Waals surface area (Å²) in [5, 5.41) is 10.3. The molecule has 20 heavy (non-hydrogen) atoms. The molecule has 5 N–H and O–H groups in total. The minimum atomic E-state index is -0.713. The Morgan fingerprint density at radius 1 is 0.700 bits per heavy atom.